The summed E-state index contributed by atoms with van der Waals surface area (Å²) >= 11 is 0. The molecule has 2 aliphatic rings. The predicted octanol–water partition coefficient (Wildman–Crippen LogP) is -0.258. The van der Waals surface area contributed by atoms with Crippen molar-refractivity contribution in [2.45, 2.75) is 6.42 Å². The van der Waals surface area contributed by atoms with Gasteiger partial charge in [0.2, 0.25) is 0 Å². The summed E-state index contributed by atoms with van der Waals surface area (Å²) in [5.41, 5.74) is 2.63. The molecule has 10 heavy (non-hydrogen) atoms. The molecule has 0 unspecified atom stereocenters. The van der Waals surface area contributed by atoms with Gasteiger partial charge in [-0.3, -0.25) is 0 Å². The molecule has 0 spiro atoms. The van der Waals surface area contributed by atoms with E-state index in [1.807, 2.05) is 0 Å². The first-order chi connectivity index (χ1) is 4.97. The van der Waals surface area contributed by atoms with Crippen LogP contribution in [0, 0.1) is 0 Å². The molecule has 53 valence electrons. The van der Waals surface area contributed by atoms with Crippen LogP contribution in [0.3, 0.4) is 0 Å². The summed E-state index contributed by atoms with van der Waals surface area (Å²) in [5.74, 6) is 0. The molecule has 0 aliphatic carbocycles. The van der Waals surface area contributed by atoms with Crippen LogP contribution < -0.4 is 10.6 Å². The maximum Gasteiger partial charge on any atom is 0.169 e. The van der Waals surface area contributed by atoms with Crippen LogP contribution in [0.25, 0.3) is 0 Å². The van der Waals surface area contributed by atoms with Crippen molar-refractivity contribution in [3.8, 4) is 0 Å². The Balaban J connectivity index is 2.23. The number of hydrogen-bond acceptors (Lipinski definition) is 3. The fourth-order valence-electron chi connectivity index (χ4n) is 1.28. The van der Waals surface area contributed by atoms with Gasteiger partial charge in [-0.15, -0.1) is 0 Å². The van der Waals surface area contributed by atoms with E-state index in [1.54, 1.807) is 0 Å². The van der Waals surface area contributed by atoms with Gasteiger partial charge in [0.15, 0.2) is 6.34 Å². The van der Waals surface area contributed by atoms with Gasteiger partial charge in [0.25, 0.3) is 0 Å². The average molecular weight is 136 g/mol. The van der Waals surface area contributed by atoms with E-state index < -0.39 is 0 Å². The quantitative estimate of drug-likeness (QED) is 0.481. The highest BCUT2D eigenvalue weighted by molar-refractivity contribution is 5.59. The first kappa shape index (κ1) is 5.92. The van der Waals surface area contributed by atoms with Crippen LogP contribution in [0.15, 0.2) is 16.3 Å². The lowest BCUT2D eigenvalue weighted by molar-refractivity contribution is 0.649. The van der Waals surface area contributed by atoms with E-state index in [9.17, 15) is 0 Å². The molecule has 2 heterocycles. The van der Waals surface area contributed by atoms with E-state index in [0.717, 1.165) is 26.1 Å². The molecular weight excluding hydrogens is 126 g/mol. The molecule has 2 aliphatic heterocycles. The largest absolute Gasteiger partial charge is 0.363 e. The molecule has 0 fully saturated rings. The van der Waals surface area contributed by atoms with Gasteiger partial charge in [0.05, 0.1) is 0 Å². The van der Waals surface area contributed by atoms with Crippen LogP contribution in [0.4, 0.5) is 0 Å². The molecule has 0 aromatic rings. The van der Waals surface area contributed by atoms with E-state index >= 15 is 0 Å². The highest BCUT2D eigenvalue weighted by atomic mass is 15.0. The monoisotopic (exact) mass is 136 g/mol. The molecule has 0 saturated heterocycles. The highest BCUT2D eigenvalue weighted by Gasteiger charge is 2.12. The molecule has 0 aromatic heterocycles. The van der Waals surface area contributed by atoms with Crippen molar-refractivity contribution in [1.29, 1.82) is 0 Å². The Kier molecular flexibility index (Phi) is 1.43. The smallest absolute Gasteiger partial charge is 0.169 e. The first-order valence-corrected chi connectivity index (χ1v) is 3.57. The minimum atomic E-state index is 0.922. The molecule has 0 bridgehead atoms. The molecule has 0 aromatic carbocycles. The van der Waals surface area contributed by atoms with E-state index in [0.29, 0.717) is 0 Å². The van der Waals surface area contributed by atoms with E-state index in [2.05, 4.69) is 22.0 Å². The number of hydrogen-bond donors (Lipinski definition) is 2. The Morgan fingerprint density at radius 2 is 2.40 bits per heavy atom. The van der Waals surface area contributed by atoms with Crippen molar-refractivity contribution >= 4 is 6.34 Å². The molecule has 2 N–H and O–H groups in total. The SMILES string of the molecule is [C]1=NC2=C(CN1)CNCC2. The summed E-state index contributed by atoms with van der Waals surface area (Å²) in [4.78, 5) is 4.13. The Morgan fingerprint density at radius 3 is 3.30 bits per heavy atom. The minimum absolute atomic E-state index is 0.922. The normalized spacial score (nSPS) is 24.0. The first-order valence-electron chi connectivity index (χ1n) is 3.57. The third kappa shape index (κ3) is 0.926. The number of nitrogens with zero attached hydrogens (tertiary/aromatic N) is 1. The summed E-state index contributed by atoms with van der Waals surface area (Å²) in [6, 6.07) is 0. The van der Waals surface area contributed by atoms with Gasteiger partial charge in [-0.05, 0) is 5.57 Å². The zero-order valence-corrected chi connectivity index (χ0v) is 5.78. The van der Waals surface area contributed by atoms with Crippen molar-refractivity contribution < 1.29 is 0 Å². The maximum absolute atomic E-state index is 4.13. The van der Waals surface area contributed by atoms with Crippen molar-refractivity contribution in [2.24, 2.45) is 4.99 Å². The summed E-state index contributed by atoms with van der Waals surface area (Å²) in [6.07, 6.45) is 3.83. The van der Waals surface area contributed by atoms with Crippen LogP contribution in [-0.4, -0.2) is 26.0 Å². The van der Waals surface area contributed by atoms with Crippen LogP contribution in [0.5, 0.6) is 0 Å². The predicted molar refractivity (Wildman–Crippen MR) is 40.0 cm³/mol. The lowest BCUT2D eigenvalue weighted by Gasteiger charge is -2.20. The zero-order valence-electron chi connectivity index (χ0n) is 5.78. The Bertz CT molecular complexity index is 193. The van der Waals surface area contributed by atoms with Gasteiger partial charge in [-0.1, -0.05) is 0 Å². The summed E-state index contributed by atoms with van der Waals surface area (Å²) in [5, 5.41) is 6.27. The van der Waals surface area contributed by atoms with E-state index in [-0.39, 0.29) is 0 Å². The number of rotatable bonds is 0. The fraction of sp³-hybridized carbons (Fsp3) is 0.571. The highest BCUT2D eigenvalue weighted by Crippen LogP contribution is 2.14. The molecule has 3 nitrogen and oxygen atoms in total. The van der Waals surface area contributed by atoms with E-state index in [4.69, 9.17) is 0 Å². The number of nitrogens with one attached hydrogen (secondary N) is 2. The standard InChI is InChI=1S/C7H10N3/c1-2-8-3-6-4-9-5-10-7(1)6/h8H,1-4H2,(H,9,10). The van der Waals surface area contributed by atoms with Gasteiger partial charge < -0.3 is 10.6 Å². The Morgan fingerprint density at radius 1 is 1.40 bits per heavy atom. The van der Waals surface area contributed by atoms with E-state index in [1.165, 1.54) is 11.3 Å². The van der Waals surface area contributed by atoms with Crippen LogP contribution >= 0.6 is 0 Å². The topological polar surface area (TPSA) is 36.4 Å². The lowest BCUT2D eigenvalue weighted by Crippen LogP contribution is -2.32. The molecule has 0 amide bonds. The van der Waals surface area contributed by atoms with Gasteiger partial charge in [-0.25, -0.2) is 4.99 Å². The molecule has 2 rings (SSSR count). The van der Waals surface area contributed by atoms with Crippen molar-refractivity contribution in [3.05, 3.63) is 11.3 Å². The second-order valence-corrected chi connectivity index (χ2v) is 2.55. The third-order valence-electron chi connectivity index (χ3n) is 1.86. The van der Waals surface area contributed by atoms with Crippen LogP contribution in [-0.2, 0) is 0 Å². The van der Waals surface area contributed by atoms with Crippen molar-refractivity contribution in [1.82, 2.24) is 10.6 Å². The minimum Gasteiger partial charge on any atom is -0.363 e. The van der Waals surface area contributed by atoms with Gasteiger partial charge in [0.1, 0.15) is 0 Å². The van der Waals surface area contributed by atoms with Gasteiger partial charge >= 0.3 is 0 Å². The fourth-order valence-corrected chi connectivity index (χ4v) is 1.28. The van der Waals surface area contributed by atoms with Gasteiger partial charge in [0, 0.05) is 31.8 Å². The third-order valence-corrected chi connectivity index (χ3v) is 1.86. The molecular formula is C7H10N3. The Labute approximate surface area is 60.2 Å². The summed E-state index contributed by atoms with van der Waals surface area (Å²) in [7, 11) is 0. The maximum atomic E-state index is 4.13. The summed E-state index contributed by atoms with van der Waals surface area (Å²) in [6.45, 7) is 2.98. The van der Waals surface area contributed by atoms with Crippen molar-refractivity contribution in [3.63, 3.8) is 0 Å². The zero-order chi connectivity index (χ0) is 6.81. The second kappa shape index (κ2) is 2.42. The lowest BCUT2D eigenvalue weighted by atomic mass is 10.1. The Hall–Kier alpha value is -0.830. The molecule has 1 radical (unpaired) electrons. The molecule has 3 heteroatoms. The second-order valence-electron chi connectivity index (χ2n) is 2.55. The van der Waals surface area contributed by atoms with Gasteiger partial charge in [-0.2, -0.15) is 0 Å². The van der Waals surface area contributed by atoms with Crippen molar-refractivity contribution in [2.75, 3.05) is 19.6 Å². The number of aliphatic imine (C=N–C) groups is 1. The van der Waals surface area contributed by atoms with Crippen LogP contribution in [0.2, 0.25) is 0 Å². The molecule has 0 saturated carbocycles. The summed E-state index contributed by atoms with van der Waals surface area (Å²) < 4.78 is 0. The average Bonchev–Trinajstić information content (AvgIpc) is 2.05. The molecule has 0 atom stereocenters. The van der Waals surface area contributed by atoms with Crippen LogP contribution in [0.1, 0.15) is 6.42 Å².